The SMILES string of the molecule is O=C(O)CC1C2=CC=CC(O)C2C(=O)C2C(=O)CC=CC12. The molecule has 2 N–H and O–H groups in total. The second kappa shape index (κ2) is 5.07. The van der Waals surface area contributed by atoms with Crippen LogP contribution in [0.25, 0.3) is 0 Å². The van der Waals surface area contributed by atoms with Crippen molar-refractivity contribution in [1.29, 1.82) is 0 Å². The molecule has 0 amide bonds. The van der Waals surface area contributed by atoms with Gasteiger partial charge < -0.3 is 10.2 Å². The van der Waals surface area contributed by atoms with E-state index in [1.807, 2.05) is 0 Å². The zero-order valence-electron chi connectivity index (χ0n) is 11.3. The van der Waals surface area contributed by atoms with Crippen LogP contribution in [-0.4, -0.2) is 33.9 Å². The monoisotopic (exact) mass is 288 g/mol. The van der Waals surface area contributed by atoms with Crippen molar-refractivity contribution >= 4 is 17.5 Å². The smallest absolute Gasteiger partial charge is 0.303 e. The molecule has 0 radical (unpaired) electrons. The molecule has 1 saturated carbocycles. The lowest BCUT2D eigenvalue weighted by Crippen LogP contribution is -2.50. The van der Waals surface area contributed by atoms with Gasteiger partial charge in [-0.1, -0.05) is 36.0 Å². The van der Waals surface area contributed by atoms with Crippen LogP contribution in [0.4, 0.5) is 0 Å². The molecule has 110 valence electrons. The summed E-state index contributed by atoms with van der Waals surface area (Å²) in [5.41, 5.74) is 0.637. The number of rotatable bonds is 2. The molecule has 21 heavy (non-hydrogen) atoms. The van der Waals surface area contributed by atoms with E-state index in [9.17, 15) is 19.5 Å². The van der Waals surface area contributed by atoms with Crippen molar-refractivity contribution in [2.24, 2.45) is 23.7 Å². The molecule has 0 aliphatic heterocycles. The highest BCUT2D eigenvalue weighted by molar-refractivity contribution is 6.07. The maximum atomic E-state index is 12.6. The topological polar surface area (TPSA) is 91.7 Å². The first-order valence-corrected chi connectivity index (χ1v) is 7.02. The molecular weight excluding hydrogens is 272 g/mol. The Morgan fingerprint density at radius 2 is 2.00 bits per heavy atom. The normalized spacial score (nSPS) is 37.8. The lowest BCUT2D eigenvalue weighted by Gasteiger charge is -2.43. The number of aliphatic hydroxyl groups is 1. The minimum Gasteiger partial charge on any atom is -0.481 e. The van der Waals surface area contributed by atoms with Crippen molar-refractivity contribution in [3.05, 3.63) is 36.0 Å². The van der Waals surface area contributed by atoms with E-state index >= 15 is 0 Å². The lowest BCUT2D eigenvalue weighted by molar-refractivity contribution is -0.145. The van der Waals surface area contributed by atoms with Crippen molar-refractivity contribution in [3.63, 3.8) is 0 Å². The third-order valence-corrected chi connectivity index (χ3v) is 4.61. The Balaban J connectivity index is 2.08. The highest BCUT2D eigenvalue weighted by Gasteiger charge is 2.51. The quantitative estimate of drug-likeness (QED) is 0.581. The Hall–Kier alpha value is -2.01. The summed E-state index contributed by atoms with van der Waals surface area (Å²) in [4.78, 5) is 35.9. The molecule has 5 unspecified atom stereocenters. The van der Waals surface area contributed by atoms with Gasteiger partial charge in [0.05, 0.1) is 24.4 Å². The van der Waals surface area contributed by atoms with Gasteiger partial charge in [-0.25, -0.2) is 0 Å². The molecule has 1 fully saturated rings. The van der Waals surface area contributed by atoms with E-state index in [4.69, 9.17) is 5.11 Å². The van der Waals surface area contributed by atoms with Gasteiger partial charge in [0.1, 0.15) is 5.78 Å². The number of carbonyl (C=O) groups excluding carboxylic acids is 2. The molecule has 0 aromatic rings. The maximum absolute atomic E-state index is 12.6. The Morgan fingerprint density at radius 3 is 2.71 bits per heavy atom. The minimum atomic E-state index is -0.978. The van der Waals surface area contributed by atoms with Crippen LogP contribution in [0.15, 0.2) is 36.0 Å². The first kappa shape index (κ1) is 13.9. The number of Topliss-reactive ketones (excluding diaryl/α,β-unsaturated/α-hetero) is 2. The Morgan fingerprint density at radius 1 is 1.24 bits per heavy atom. The number of carboxylic acids is 1. The van der Waals surface area contributed by atoms with Gasteiger partial charge in [0, 0.05) is 12.3 Å². The molecule has 0 spiro atoms. The molecule has 5 atom stereocenters. The van der Waals surface area contributed by atoms with E-state index in [1.165, 1.54) is 6.08 Å². The summed E-state index contributed by atoms with van der Waals surface area (Å²) in [6, 6.07) is 0. The van der Waals surface area contributed by atoms with E-state index in [-0.39, 0.29) is 24.4 Å². The first-order valence-electron chi connectivity index (χ1n) is 7.02. The van der Waals surface area contributed by atoms with Gasteiger partial charge in [0.2, 0.25) is 0 Å². The number of carbonyl (C=O) groups is 3. The van der Waals surface area contributed by atoms with E-state index in [1.54, 1.807) is 24.3 Å². The predicted molar refractivity (Wildman–Crippen MR) is 73.2 cm³/mol. The van der Waals surface area contributed by atoms with Crippen LogP contribution in [-0.2, 0) is 14.4 Å². The largest absolute Gasteiger partial charge is 0.481 e. The second-order valence-electron chi connectivity index (χ2n) is 5.78. The fourth-order valence-electron chi connectivity index (χ4n) is 3.75. The van der Waals surface area contributed by atoms with Gasteiger partial charge >= 0.3 is 5.97 Å². The number of aliphatic hydroxyl groups excluding tert-OH is 1. The van der Waals surface area contributed by atoms with Crippen LogP contribution in [0.3, 0.4) is 0 Å². The molecule has 0 saturated heterocycles. The number of carboxylic acid groups (broad SMARTS) is 1. The van der Waals surface area contributed by atoms with Gasteiger partial charge in [-0.2, -0.15) is 0 Å². The first-order chi connectivity index (χ1) is 10.0. The van der Waals surface area contributed by atoms with E-state index in [2.05, 4.69) is 0 Å². The van der Waals surface area contributed by atoms with Crippen molar-refractivity contribution in [2.45, 2.75) is 18.9 Å². The molecule has 0 aromatic heterocycles. The van der Waals surface area contributed by atoms with Gasteiger partial charge in [-0.3, -0.25) is 14.4 Å². The van der Waals surface area contributed by atoms with Crippen LogP contribution in [0.5, 0.6) is 0 Å². The summed E-state index contributed by atoms with van der Waals surface area (Å²) in [6.07, 6.45) is 7.45. The van der Waals surface area contributed by atoms with Gasteiger partial charge in [-0.05, 0) is 5.92 Å². The molecule has 0 bridgehead atoms. The Bertz CT molecular complexity index is 594. The van der Waals surface area contributed by atoms with Crippen molar-refractivity contribution < 1.29 is 24.6 Å². The number of hydrogen-bond donors (Lipinski definition) is 2. The van der Waals surface area contributed by atoms with Crippen LogP contribution >= 0.6 is 0 Å². The molecule has 5 nitrogen and oxygen atoms in total. The Labute approximate surface area is 121 Å². The van der Waals surface area contributed by atoms with Crippen LogP contribution in [0, 0.1) is 23.7 Å². The van der Waals surface area contributed by atoms with Crippen molar-refractivity contribution in [3.8, 4) is 0 Å². The zero-order chi connectivity index (χ0) is 15.1. The number of allylic oxidation sites excluding steroid dienone is 4. The van der Waals surface area contributed by atoms with Crippen LogP contribution < -0.4 is 0 Å². The summed E-state index contributed by atoms with van der Waals surface area (Å²) in [6.45, 7) is 0. The molecule has 0 heterocycles. The Kier molecular flexibility index (Phi) is 3.37. The molecule has 3 aliphatic carbocycles. The number of ketones is 2. The summed E-state index contributed by atoms with van der Waals surface area (Å²) in [5.74, 6) is -3.85. The number of aliphatic carboxylic acids is 1. The van der Waals surface area contributed by atoms with Gasteiger partial charge in [-0.15, -0.1) is 0 Å². The van der Waals surface area contributed by atoms with Gasteiger partial charge in [0.15, 0.2) is 5.78 Å². The molecule has 3 aliphatic rings. The minimum absolute atomic E-state index is 0.144. The van der Waals surface area contributed by atoms with Crippen LogP contribution in [0.2, 0.25) is 0 Å². The zero-order valence-corrected chi connectivity index (χ0v) is 11.3. The van der Waals surface area contributed by atoms with E-state index < -0.39 is 35.7 Å². The van der Waals surface area contributed by atoms with E-state index in [0.29, 0.717) is 5.57 Å². The van der Waals surface area contributed by atoms with Crippen LogP contribution in [0.1, 0.15) is 12.8 Å². The molecule has 0 aromatic carbocycles. The highest BCUT2D eigenvalue weighted by Crippen LogP contribution is 2.47. The lowest BCUT2D eigenvalue weighted by atomic mass is 9.58. The maximum Gasteiger partial charge on any atom is 0.303 e. The van der Waals surface area contributed by atoms with E-state index in [0.717, 1.165) is 0 Å². The highest BCUT2D eigenvalue weighted by atomic mass is 16.4. The molecule has 3 rings (SSSR count). The summed E-state index contributed by atoms with van der Waals surface area (Å²) in [7, 11) is 0. The third kappa shape index (κ3) is 2.17. The molecule has 5 heteroatoms. The second-order valence-corrected chi connectivity index (χ2v) is 5.78. The summed E-state index contributed by atoms with van der Waals surface area (Å²) >= 11 is 0. The fourth-order valence-corrected chi connectivity index (χ4v) is 3.75. The fraction of sp³-hybridized carbons (Fsp3) is 0.438. The van der Waals surface area contributed by atoms with Gasteiger partial charge in [0.25, 0.3) is 0 Å². The molecular formula is C16H16O5. The average Bonchev–Trinajstić information content (AvgIpc) is 2.42. The third-order valence-electron chi connectivity index (χ3n) is 4.61. The predicted octanol–water partition coefficient (Wildman–Crippen LogP) is 0.895. The number of fused-ring (bicyclic) bond motifs is 2. The van der Waals surface area contributed by atoms with Crippen molar-refractivity contribution in [2.75, 3.05) is 0 Å². The number of hydrogen-bond acceptors (Lipinski definition) is 4. The average molecular weight is 288 g/mol. The standard InChI is InChI=1S/C16H16O5/c17-11-5-1-3-8-10(7-13(19)20)9-4-2-6-12(18)15(9)16(21)14(8)11/h1-5,9-11,14-15,17H,6-7H2,(H,19,20). The van der Waals surface area contributed by atoms with Crippen molar-refractivity contribution in [1.82, 2.24) is 0 Å². The summed E-state index contributed by atoms with van der Waals surface area (Å²) in [5, 5.41) is 19.2. The summed E-state index contributed by atoms with van der Waals surface area (Å²) < 4.78 is 0.